The lowest BCUT2D eigenvalue weighted by Gasteiger charge is -2.08. The number of rotatable bonds is 1. The summed E-state index contributed by atoms with van der Waals surface area (Å²) in [5.74, 6) is -0.985. The maximum Gasteiger partial charge on any atom is 0.416 e. The molecule has 0 heterocycles. The van der Waals surface area contributed by atoms with Gasteiger partial charge in [-0.25, -0.2) is 4.39 Å². The lowest BCUT2D eigenvalue weighted by molar-refractivity contribution is -0.137. The topological polar surface area (TPSA) is 26.0 Å². The Morgan fingerprint density at radius 1 is 1.20 bits per heavy atom. The van der Waals surface area contributed by atoms with Gasteiger partial charge in [0.05, 0.1) is 5.56 Å². The van der Waals surface area contributed by atoms with Gasteiger partial charge in [0.25, 0.3) is 0 Å². The SMILES string of the molecule is N[C@@H]1C[C@H]1c1cc(F)cc(C(F)(F)F)c1. The predicted molar refractivity (Wildman–Crippen MR) is 46.7 cm³/mol. The Hall–Kier alpha value is -1.10. The molecule has 15 heavy (non-hydrogen) atoms. The molecule has 1 saturated carbocycles. The van der Waals surface area contributed by atoms with Gasteiger partial charge in [-0.05, 0) is 30.2 Å². The van der Waals surface area contributed by atoms with Crippen molar-refractivity contribution < 1.29 is 17.6 Å². The Balaban J connectivity index is 2.37. The second-order valence-electron chi connectivity index (χ2n) is 3.78. The Bertz CT molecular complexity index is 385. The van der Waals surface area contributed by atoms with Crippen LogP contribution < -0.4 is 5.73 Å². The van der Waals surface area contributed by atoms with E-state index in [0.29, 0.717) is 18.1 Å². The summed E-state index contributed by atoms with van der Waals surface area (Å²) in [5.41, 5.74) is 4.90. The summed E-state index contributed by atoms with van der Waals surface area (Å²) in [6.45, 7) is 0. The van der Waals surface area contributed by atoms with E-state index in [1.807, 2.05) is 0 Å². The fraction of sp³-hybridized carbons (Fsp3) is 0.400. The van der Waals surface area contributed by atoms with Gasteiger partial charge in [-0.3, -0.25) is 0 Å². The maximum absolute atomic E-state index is 12.9. The van der Waals surface area contributed by atoms with Gasteiger partial charge in [0.1, 0.15) is 5.82 Å². The number of nitrogens with two attached hydrogens (primary N) is 1. The highest BCUT2D eigenvalue weighted by Crippen LogP contribution is 2.41. The molecule has 5 heteroatoms. The minimum Gasteiger partial charge on any atom is -0.327 e. The average molecular weight is 219 g/mol. The lowest BCUT2D eigenvalue weighted by Crippen LogP contribution is -2.07. The van der Waals surface area contributed by atoms with Gasteiger partial charge < -0.3 is 5.73 Å². The van der Waals surface area contributed by atoms with Crippen LogP contribution in [0.4, 0.5) is 17.6 Å². The van der Waals surface area contributed by atoms with Crippen LogP contribution in [0.15, 0.2) is 18.2 Å². The second-order valence-corrected chi connectivity index (χ2v) is 3.78. The first-order valence-corrected chi connectivity index (χ1v) is 4.51. The van der Waals surface area contributed by atoms with Gasteiger partial charge >= 0.3 is 6.18 Å². The van der Waals surface area contributed by atoms with Crippen molar-refractivity contribution in [2.45, 2.75) is 24.6 Å². The van der Waals surface area contributed by atoms with Gasteiger partial charge in [0.15, 0.2) is 0 Å². The second kappa shape index (κ2) is 3.20. The van der Waals surface area contributed by atoms with Crippen molar-refractivity contribution in [2.75, 3.05) is 0 Å². The monoisotopic (exact) mass is 219 g/mol. The zero-order chi connectivity index (χ0) is 11.2. The summed E-state index contributed by atoms with van der Waals surface area (Å²) in [4.78, 5) is 0. The molecule has 1 aromatic carbocycles. The molecule has 0 aromatic heterocycles. The minimum absolute atomic E-state index is 0.123. The van der Waals surface area contributed by atoms with E-state index in [9.17, 15) is 17.6 Å². The van der Waals surface area contributed by atoms with Crippen molar-refractivity contribution in [3.63, 3.8) is 0 Å². The van der Waals surface area contributed by atoms with Crippen LogP contribution in [-0.2, 0) is 6.18 Å². The largest absolute Gasteiger partial charge is 0.416 e. The molecular formula is C10H9F4N. The molecule has 1 aromatic rings. The van der Waals surface area contributed by atoms with E-state index in [1.165, 1.54) is 0 Å². The van der Waals surface area contributed by atoms with E-state index in [-0.39, 0.29) is 12.0 Å². The quantitative estimate of drug-likeness (QED) is 0.722. The third kappa shape index (κ3) is 2.12. The van der Waals surface area contributed by atoms with Gasteiger partial charge in [-0.1, -0.05) is 0 Å². The molecular weight excluding hydrogens is 210 g/mol. The molecule has 0 saturated heterocycles. The summed E-state index contributed by atoms with van der Waals surface area (Å²) in [5, 5.41) is 0. The van der Waals surface area contributed by atoms with Crippen LogP contribution in [0.1, 0.15) is 23.5 Å². The summed E-state index contributed by atoms with van der Waals surface area (Å²) >= 11 is 0. The Labute approximate surface area is 83.9 Å². The lowest BCUT2D eigenvalue weighted by atomic mass is 10.1. The van der Waals surface area contributed by atoms with Crippen molar-refractivity contribution in [2.24, 2.45) is 5.73 Å². The first kappa shape index (κ1) is 10.4. The summed E-state index contributed by atoms with van der Waals surface area (Å²) in [6.07, 6.45) is -3.88. The first-order valence-electron chi connectivity index (χ1n) is 4.51. The normalized spacial score (nSPS) is 25.4. The van der Waals surface area contributed by atoms with Crippen molar-refractivity contribution in [1.82, 2.24) is 0 Å². The fourth-order valence-electron chi connectivity index (χ4n) is 1.59. The maximum atomic E-state index is 12.9. The minimum atomic E-state index is -4.50. The van der Waals surface area contributed by atoms with Crippen molar-refractivity contribution in [3.8, 4) is 0 Å². The van der Waals surface area contributed by atoms with Crippen LogP contribution in [-0.4, -0.2) is 6.04 Å². The van der Waals surface area contributed by atoms with Crippen LogP contribution in [0.25, 0.3) is 0 Å². The molecule has 0 radical (unpaired) electrons. The number of alkyl halides is 3. The highest BCUT2D eigenvalue weighted by molar-refractivity contribution is 5.33. The first-order chi connectivity index (χ1) is 6.88. The molecule has 0 aliphatic heterocycles. The number of benzene rings is 1. The molecule has 1 nitrogen and oxygen atoms in total. The van der Waals surface area contributed by atoms with E-state index >= 15 is 0 Å². The van der Waals surface area contributed by atoms with Crippen LogP contribution >= 0.6 is 0 Å². The third-order valence-corrected chi connectivity index (χ3v) is 2.52. The summed E-state index contributed by atoms with van der Waals surface area (Å²) in [6, 6.07) is 2.46. The Morgan fingerprint density at radius 2 is 1.80 bits per heavy atom. The van der Waals surface area contributed by atoms with E-state index < -0.39 is 17.6 Å². The van der Waals surface area contributed by atoms with Gasteiger partial charge in [-0.2, -0.15) is 13.2 Å². The highest BCUT2D eigenvalue weighted by Gasteiger charge is 2.38. The van der Waals surface area contributed by atoms with Gasteiger partial charge in [-0.15, -0.1) is 0 Å². The molecule has 0 amide bonds. The van der Waals surface area contributed by atoms with Crippen molar-refractivity contribution >= 4 is 0 Å². The molecule has 1 fully saturated rings. The van der Waals surface area contributed by atoms with Crippen LogP contribution in [0.2, 0.25) is 0 Å². The molecule has 0 spiro atoms. The van der Waals surface area contributed by atoms with Gasteiger partial charge in [0.2, 0.25) is 0 Å². The smallest absolute Gasteiger partial charge is 0.327 e. The molecule has 1 aliphatic carbocycles. The number of hydrogen-bond acceptors (Lipinski definition) is 1. The molecule has 0 bridgehead atoms. The summed E-state index contributed by atoms with van der Waals surface area (Å²) in [7, 11) is 0. The summed E-state index contributed by atoms with van der Waals surface area (Å²) < 4.78 is 49.9. The van der Waals surface area contributed by atoms with E-state index in [1.54, 1.807) is 0 Å². The third-order valence-electron chi connectivity index (χ3n) is 2.52. The standard InChI is InChI=1S/C10H9F4N/c11-7-2-5(8-4-9(8)15)1-6(3-7)10(12,13)14/h1-3,8-9H,4,15H2/t8-,9+/m0/s1. The molecule has 82 valence electrons. The van der Waals surface area contributed by atoms with Crippen molar-refractivity contribution in [1.29, 1.82) is 0 Å². The van der Waals surface area contributed by atoms with Crippen LogP contribution in [0, 0.1) is 5.82 Å². The zero-order valence-corrected chi connectivity index (χ0v) is 7.68. The van der Waals surface area contributed by atoms with Gasteiger partial charge in [0, 0.05) is 12.0 Å². The molecule has 0 unspecified atom stereocenters. The molecule has 2 atom stereocenters. The fourth-order valence-corrected chi connectivity index (χ4v) is 1.59. The Kier molecular flexibility index (Phi) is 2.22. The van der Waals surface area contributed by atoms with Crippen LogP contribution in [0.5, 0.6) is 0 Å². The molecule has 2 N–H and O–H groups in total. The zero-order valence-electron chi connectivity index (χ0n) is 7.68. The van der Waals surface area contributed by atoms with E-state index in [0.717, 1.165) is 12.1 Å². The van der Waals surface area contributed by atoms with Crippen LogP contribution in [0.3, 0.4) is 0 Å². The predicted octanol–water partition coefficient (Wildman–Crippen LogP) is 2.66. The number of halogens is 4. The van der Waals surface area contributed by atoms with E-state index in [2.05, 4.69) is 0 Å². The molecule has 2 rings (SSSR count). The number of hydrogen-bond donors (Lipinski definition) is 1. The Morgan fingerprint density at radius 3 is 2.27 bits per heavy atom. The average Bonchev–Trinajstić information content (AvgIpc) is 2.80. The molecule has 1 aliphatic rings. The van der Waals surface area contributed by atoms with E-state index in [4.69, 9.17) is 5.73 Å². The van der Waals surface area contributed by atoms with Crippen molar-refractivity contribution in [3.05, 3.63) is 35.1 Å². The highest BCUT2D eigenvalue weighted by atomic mass is 19.4.